The van der Waals surface area contributed by atoms with Crippen molar-refractivity contribution in [2.24, 2.45) is 5.92 Å². The minimum atomic E-state index is 0.923. The van der Waals surface area contributed by atoms with Crippen LogP contribution in [0.25, 0.3) is 0 Å². The van der Waals surface area contributed by atoms with Crippen LogP contribution in [-0.4, -0.2) is 62.7 Å². The van der Waals surface area contributed by atoms with E-state index in [0.717, 1.165) is 5.92 Å². The largest absolute Gasteiger partial charge is 0.314 e. The van der Waals surface area contributed by atoms with Gasteiger partial charge in [-0.25, -0.2) is 0 Å². The molecule has 2 fully saturated rings. The highest BCUT2D eigenvalue weighted by Crippen LogP contribution is 2.16. The molecule has 0 aliphatic carbocycles. The van der Waals surface area contributed by atoms with Gasteiger partial charge in [-0.1, -0.05) is 0 Å². The van der Waals surface area contributed by atoms with E-state index in [1.54, 1.807) is 0 Å². The van der Waals surface area contributed by atoms with E-state index in [9.17, 15) is 0 Å². The zero-order valence-corrected chi connectivity index (χ0v) is 9.34. The molecule has 0 radical (unpaired) electrons. The van der Waals surface area contributed by atoms with Crippen molar-refractivity contribution in [3.05, 3.63) is 0 Å². The van der Waals surface area contributed by atoms with E-state index in [4.69, 9.17) is 0 Å². The molecule has 2 heterocycles. The fraction of sp³-hybridized carbons (Fsp3) is 1.00. The molecule has 2 rings (SSSR count). The van der Waals surface area contributed by atoms with Gasteiger partial charge in [-0.05, 0) is 32.4 Å². The molecule has 82 valence electrons. The molecule has 2 aliphatic rings. The quantitative estimate of drug-likeness (QED) is 0.684. The molecule has 1 N–H and O–H groups in total. The van der Waals surface area contributed by atoms with E-state index >= 15 is 0 Å². The van der Waals surface area contributed by atoms with Crippen molar-refractivity contribution in [1.29, 1.82) is 0 Å². The van der Waals surface area contributed by atoms with Gasteiger partial charge in [0.25, 0.3) is 0 Å². The number of hydrogen-bond acceptors (Lipinski definition) is 3. The van der Waals surface area contributed by atoms with Gasteiger partial charge in [-0.3, -0.25) is 0 Å². The number of rotatable bonds is 2. The first-order valence-electron chi connectivity index (χ1n) is 5.96. The van der Waals surface area contributed by atoms with Gasteiger partial charge in [0.1, 0.15) is 0 Å². The molecule has 3 nitrogen and oxygen atoms in total. The fourth-order valence-corrected chi connectivity index (χ4v) is 2.68. The summed E-state index contributed by atoms with van der Waals surface area (Å²) in [5.41, 5.74) is 0. The molecular weight excluding hydrogens is 174 g/mol. The lowest BCUT2D eigenvalue weighted by molar-refractivity contribution is 0.142. The highest BCUT2D eigenvalue weighted by Gasteiger charge is 2.20. The Hall–Kier alpha value is -0.120. The minimum absolute atomic E-state index is 0.923. The van der Waals surface area contributed by atoms with Gasteiger partial charge in [0, 0.05) is 39.3 Å². The Bertz CT molecular complexity index is 166. The van der Waals surface area contributed by atoms with Crippen LogP contribution in [0.5, 0.6) is 0 Å². The summed E-state index contributed by atoms with van der Waals surface area (Å²) < 4.78 is 0. The summed E-state index contributed by atoms with van der Waals surface area (Å²) >= 11 is 0. The Morgan fingerprint density at radius 3 is 2.71 bits per heavy atom. The maximum Gasteiger partial charge on any atom is 0.0107 e. The Balaban J connectivity index is 1.72. The first kappa shape index (κ1) is 10.4. The van der Waals surface area contributed by atoms with Crippen LogP contribution in [0.2, 0.25) is 0 Å². The molecule has 3 heteroatoms. The van der Waals surface area contributed by atoms with Crippen LogP contribution in [0, 0.1) is 5.92 Å². The maximum absolute atomic E-state index is 3.41. The second kappa shape index (κ2) is 5.10. The average molecular weight is 197 g/mol. The number of piperidine rings is 1. The lowest BCUT2D eigenvalue weighted by Gasteiger charge is -2.35. The Labute approximate surface area is 87.4 Å². The van der Waals surface area contributed by atoms with Crippen molar-refractivity contribution < 1.29 is 0 Å². The molecule has 0 unspecified atom stereocenters. The third-order valence-electron chi connectivity index (χ3n) is 3.45. The molecule has 0 aromatic carbocycles. The molecule has 14 heavy (non-hydrogen) atoms. The van der Waals surface area contributed by atoms with Gasteiger partial charge in [-0.2, -0.15) is 0 Å². The van der Waals surface area contributed by atoms with Crippen molar-refractivity contribution in [2.45, 2.75) is 12.8 Å². The highest BCUT2D eigenvalue weighted by molar-refractivity contribution is 4.76. The number of likely N-dealkylation sites (tertiary alicyclic amines) is 1. The van der Waals surface area contributed by atoms with Crippen LogP contribution in [0.4, 0.5) is 0 Å². The number of nitrogens with zero attached hydrogens (tertiary/aromatic N) is 2. The lowest BCUT2D eigenvalue weighted by Crippen LogP contribution is -2.47. The van der Waals surface area contributed by atoms with Crippen LogP contribution in [-0.2, 0) is 0 Å². The molecule has 0 bridgehead atoms. The topological polar surface area (TPSA) is 18.5 Å². The normalized spacial score (nSPS) is 31.9. The van der Waals surface area contributed by atoms with Crippen LogP contribution in [0.15, 0.2) is 0 Å². The van der Waals surface area contributed by atoms with Crippen molar-refractivity contribution in [1.82, 2.24) is 15.1 Å². The summed E-state index contributed by atoms with van der Waals surface area (Å²) in [6.07, 6.45) is 2.83. The standard InChI is InChI=1S/C11H23N3/c1-13-6-2-3-11(9-13)10-14-7-4-12-5-8-14/h11-12H,2-10H2,1H3/t11-/m0/s1. The van der Waals surface area contributed by atoms with Crippen molar-refractivity contribution >= 4 is 0 Å². The zero-order valence-electron chi connectivity index (χ0n) is 9.34. The molecule has 2 aliphatic heterocycles. The summed E-state index contributed by atoms with van der Waals surface area (Å²) in [6.45, 7) is 8.81. The fourth-order valence-electron chi connectivity index (χ4n) is 2.68. The van der Waals surface area contributed by atoms with Gasteiger partial charge < -0.3 is 15.1 Å². The zero-order chi connectivity index (χ0) is 9.80. The average Bonchev–Trinajstić information content (AvgIpc) is 2.19. The van der Waals surface area contributed by atoms with Crippen molar-refractivity contribution in [2.75, 3.05) is 52.9 Å². The minimum Gasteiger partial charge on any atom is -0.314 e. The third-order valence-corrected chi connectivity index (χ3v) is 3.45. The van der Waals surface area contributed by atoms with E-state index in [1.807, 2.05) is 0 Å². The molecular formula is C11H23N3. The highest BCUT2D eigenvalue weighted by atomic mass is 15.2. The lowest BCUT2D eigenvalue weighted by atomic mass is 9.98. The molecule has 1 atom stereocenters. The van der Waals surface area contributed by atoms with Crippen LogP contribution < -0.4 is 5.32 Å². The van der Waals surface area contributed by atoms with E-state index < -0.39 is 0 Å². The predicted octanol–water partition coefficient (Wildman–Crippen LogP) is 0.233. The maximum atomic E-state index is 3.41. The van der Waals surface area contributed by atoms with E-state index in [1.165, 1.54) is 58.7 Å². The van der Waals surface area contributed by atoms with Gasteiger partial charge >= 0.3 is 0 Å². The van der Waals surface area contributed by atoms with Crippen molar-refractivity contribution in [3.63, 3.8) is 0 Å². The van der Waals surface area contributed by atoms with Crippen LogP contribution >= 0.6 is 0 Å². The molecule has 0 saturated carbocycles. The molecule has 0 aromatic rings. The Kier molecular flexibility index (Phi) is 3.79. The predicted molar refractivity (Wildman–Crippen MR) is 59.5 cm³/mol. The Morgan fingerprint density at radius 1 is 1.21 bits per heavy atom. The smallest absolute Gasteiger partial charge is 0.0107 e. The summed E-state index contributed by atoms with van der Waals surface area (Å²) in [7, 11) is 2.25. The summed E-state index contributed by atoms with van der Waals surface area (Å²) in [4.78, 5) is 5.11. The molecule has 0 aromatic heterocycles. The molecule has 0 amide bonds. The van der Waals surface area contributed by atoms with Crippen molar-refractivity contribution in [3.8, 4) is 0 Å². The number of piperazine rings is 1. The first-order valence-corrected chi connectivity index (χ1v) is 5.96. The molecule has 0 spiro atoms. The van der Waals surface area contributed by atoms with Crippen LogP contribution in [0.1, 0.15) is 12.8 Å². The monoisotopic (exact) mass is 197 g/mol. The third kappa shape index (κ3) is 2.94. The second-order valence-electron chi connectivity index (χ2n) is 4.82. The van der Waals surface area contributed by atoms with Gasteiger partial charge in [0.05, 0.1) is 0 Å². The van der Waals surface area contributed by atoms with E-state index in [0.29, 0.717) is 0 Å². The first-order chi connectivity index (χ1) is 6.84. The van der Waals surface area contributed by atoms with E-state index in [2.05, 4.69) is 22.2 Å². The Morgan fingerprint density at radius 2 is 2.00 bits per heavy atom. The SMILES string of the molecule is CN1CCC[C@H](CN2CCNCC2)C1. The summed E-state index contributed by atoms with van der Waals surface area (Å²) in [5, 5.41) is 3.41. The van der Waals surface area contributed by atoms with Gasteiger partial charge in [0.2, 0.25) is 0 Å². The van der Waals surface area contributed by atoms with E-state index in [-0.39, 0.29) is 0 Å². The molecule has 2 saturated heterocycles. The second-order valence-corrected chi connectivity index (χ2v) is 4.82. The number of nitrogens with one attached hydrogen (secondary N) is 1. The number of hydrogen-bond donors (Lipinski definition) is 1. The van der Waals surface area contributed by atoms with Gasteiger partial charge in [0.15, 0.2) is 0 Å². The van der Waals surface area contributed by atoms with Gasteiger partial charge in [-0.15, -0.1) is 0 Å². The summed E-state index contributed by atoms with van der Waals surface area (Å²) in [5.74, 6) is 0.923. The van der Waals surface area contributed by atoms with Crippen LogP contribution in [0.3, 0.4) is 0 Å². The summed E-state index contributed by atoms with van der Waals surface area (Å²) in [6, 6.07) is 0.